The number of para-hydroxylation sites is 1. The molecule has 172 valence electrons. The summed E-state index contributed by atoms with van der Waals surface area (Å²) in [6.45, 7) is 5.17. The van der Waals surface area contributed by atoms with Crippen molar-refractivity contribution in [1.82, 2.24) is 15.1 Å². The van der Waals surface area contributed by atoms with Crippen molar-refractivity contribution >= 4 is 5.91 Å². The van der Waals surface area contributed by atoms with Gasteiger partial charge in [0.15, 0.2) is 18.1 Å². The Bertz CT molecular complexity index is 1160. The number of ether oxygens (including phenoxy) is 2. The number of likely N-dealkylation sites (tertiary alicyclic amines) is 1. The van der Waals surface area contributed by atoms with Gasteiger partial charge in [0.2, 0.25) is 11.8 Å². The van der Waals surface area contributed by atoms with Gasteiger partial charge in [0.25, 0.3) is 5.91 Å². The van der Waals surface area contributed by atoms with E-state index < -0.39 is 0 Å². The van der Waals surface area contributed by atoms with Crippen molar-refractivity contribution in [3.05, 3.63) is 59.7 Å². The third-order valence-electron chi connectivity index (χ3n) is 6.06. The fraction of sp³-hybridized carbons (Fsp3) is 0.400. The Morgan fingerprint density at radius 2 is 2.03 bits per heavy atom. The quantitative estimate of drug-likeness (QED) is 0.573. The number of rotatable bonds is 5. The van der Waals surface area contributed by atoms with Crippen LogP contribution in [-0.4, -0.2) is 46.3 Å². The van der Waals surface area contributed by atoms with Crippen LogP contribution in [0.15, 0.2) is 46.9 Å². The van der Waals surface area contributed by atoms with Crippen LogP contribution in [0.4, 0.5) is 4.39 Å². The molecule has 1 unspecified atom stereocenters. The molecule has 0 aliphatic carbocycles. The highest BCUT2D eigenvalue weighted by Crippen LogP contribution is 2.41. The Labute approximate surface area is 191 Å². The Morgan fingerprint density at radius 3 is 2.85 bits per heavy atom. The van der Waals surface area contributed by atoms with Crippen LogP contribution in [0.1, 0.15) is 44.1 Å². The molecular weight excluding hydrogens is 425 g/mol. The second-order valence-electron chi connectivity index (χ2n) is 9.20. The number of halogens is 1. The van der Waals surface area contributed by atoms with Gasteiger partial charge >= 0.3 is 0 Å². The van der Waals surface area contributed by atoms with E-state index in [1.54, 1.807) is 17.0 Å². The maximum atomic E-state index is 13.2. The number of hydrogen-bond acceptors (Lipinski definition) is 6. The number of carbonyl (C=O) groups is 1. The van der Waals surface area contributed by atoms with Gasteiger partial charge in [0, 0.05) is 30.6 Å². The van der Waals surface area contributed by atoms with Crippen LogP contribution in [0.5, 0.6) is 11.5 Å². The van der Waals surface area contributed by atoms with Crippen LogP contribution in [0.25, 0.3) is 11.5 Å². The lowest BCUT2D eigenvalue weighted by molar-refractivity contribution is -0.134. The van der Waals surface area contributed by atoms with Crippen LogP contribution >= 0.6 is 0 Å². The van der Waals surface area contributed by atoms with Gasteiger partial charge in [-0.2, -0.15) is 0 Å². The normalized spacial score (nSPS) is 19.1. The topological polar surface area (TPSA) is 77.7 Å². The van der Waals surface area contributed by atoms with Gasteiger partial charge in [-0.25, -0.2) is 4.39 Å². The summed E-state index contributed by atoms with van der Waals surface area (Å²) in [4.78, 5) is 14.7. The molecule has 33 heavy (non-hydrogen) atoms. The second kappa shape index (κ2) is 8.50. The molecule has 0 N–H and O–H groups in total. The zero-order chi connectivity index (χ0) is 23.0. The number of fused-ring (bicyclic) bond motifs is 1. The molecule has 2 aliphatic heterocycles. The standard InChI is InChI=1S/C25H26FN3O4/c1-25(2)13-17-5-3-7-20(22(17)33-25)31-15-21(30)29-12-4-6-18(14-29)24-28-27-23(32-24)16-8-10-19(26)11-9-16/h3,5,7-11,18H,4,6,12-15H2,1-2H3. The van der Waals surface area contributed by atoms with E-state index in [-0.39, 0.29) is 29.9 Å². The fourth-order valence-electron chi connectivity index (χ4n) is 4.45. The maximum Gasteiger partial charge on any atom is 0.260 e. The van der Waals surface area contributed by atoms with Gasteiger partial charge in [-0.1, -0.05) is 12.1 Å². The number of amides is 1. The Balaban J connectivity index is 1.22. The van der Waals surface area contributed by atoms with E-state index in [0.29, 0.717) is 36.2 Å². The Morgan fingerprint density at radius 1 is 1.21 bits per heavy atom. The summed E-state index contributed by atoms with van der Waals surface area (Å²) in [6, 6.07) is 11.7. The first kappa shape index (κ1) is 21.4. The minimum Gasteiger partial charge on any atom is -0.483 e. The lowest BCUT2D eigenvalue weighted by Crippen LogP contribution is -2.41. The van der Waals surface area contributed by atoms with Crippen molar-refractivity contribution in [2.75, 3.05) is 19.7 Å². The summed E-state index contributed by atoms with van der Waals surface area (Å²) in [5, 5.41) is 8.28. The molecule has 0 radical (unpaired) electrons. The first-order valence-corrected chi connectivity index (χ1v) is 11.2. The van der Waals surface area contributed by atoms with Crippen molar-refractivity contribution in [3.63, 3.8) is 0 Å². The molecule has 0 spiro atoms. The van der Waals surface area contributed by atoms with Crippen molar-refractivity contribution in [2.45, 2.75) is 44.6 Å². The van der Waals surface area contributed by atoms with Crippen LogP contribution in [0, 0.1) is 5.82 Å². The zero-order valence-electron chi connectivity index (χ0n) is 18.7. The first-order chi connectivity index (χ1) is 15.9. The number of hydrogen-bond donors (Lipinski definition) is 0. The third kappa shape index (κ3) is 4.55. The number of benzene rings is 2. The molecule has 1 atom stereocenters. The molecule has 0 bridgehead atoms. The van der Waals surface area contributed by atoms with Crippen LogP contribution in [0.2, 0.25) is 0 Å². The van der Waals surface area contributed by atoms with Gasteiger partial charge in [-0.3, -0.25) is 4.79 Å². The number of aromatic nitrogens is 2. The van der Waals surface area contributed by atoms with Crippen molar-refractivity contribution in [3.8, 4) is 23.0 Å². The van der Waals surface area contributed by atoms with Crippen LogP contribution in [-0.2, 0) is 11.2 Å². The third-order valence-corrected chi connectivity index (χ3v) is 6.06. The van der Waals surface area contributed by atoms with Crippen molar-refractivity contribution < 1.29 is 23.1 Å². The van der Waals surface area contributed by atoms with Gasteiger partial charge < -0.3 is 18.8 Å². The molecular formula is C25H26FN3O4. The summed E-state index contributed by atoms with van der Waals surface area (Å²) in [5.41, 5.74) is 1.48. The van der Waals surface area contributed by atoms with Crippen LogP contribution < -0.4 is 9.47 Å². The molecule has 3 heterocycles. The molecule has 2 aliphatic rings. The van der Waals surface area contributed by atoms with Gasteiger partial charge in [0.1, 0.15) is 11.4 Å². The summed E-state index contributed by atoms with van der Waals surface area (Å²) >= 11 is 0. The predicted octanol–water partition coefficient (Wildman–Crippen LogP) is 4.37. The molecule has 1 fully saturated rings. The highest BCUT2D eigenvalue weighted by atomic mass is 19.1. The van der Waals surface area contributed by atoms with Gasteiger partial charge in [-0.05, 0) is 57.0 Å². The molecule has 2 aromatic carbocycles. The minimum atomic E-state index is -0.321. The van der Waals surface area contributed by atoms with E-state index in [9.17, 15) is 9.18 Å². The summed E-state index contributed by atoms with van der Waals surface area (Å²) in [7, 11) is 0. The minimum absolute atomic E-state index is 0.0468. The molecule has 5 rings (SSSR count). The van der Waals surface area contributed by atoms with Crippen LogP contribution in [0.3, 0.4) is 0 Å². The molecule has 1 aromatic heterocycles. The second-order valence-corrected chi connectivity index (χ2v) is 9.20. The number of carbonyl (C=O) groups excluding carboxylic acids is 1. The highest BCUT2D eigenvalue weighted by molar-refractivity contribution is 5.78. The highest BCUT2D eigenvalue weighted by Gasteiger charge is 2.33. The average Bonchev–Trinajstić information content (AvgIpc) is 3.41. The SMILES string of the molecule is CC1(C)Cc2cccc(OCC(=O)N3CCCC(c4nnc(-c5ccc(F)cc5)o4)C3)c2O1. The van der Waals surface area contributed by atoms with E-state index in [0.717, 1.165) is 30.6 Å². The summed E-state index contributed by atoms with van der Waals surface area (Å²) < 4.78 is 30.9. The lowest BCUT2D eigenvalue weighted by atomic mass is 9.98. The first-order valence-electron chi connectivity index (χ1n) is 11.2. The molecule has 8 heteroatoms. The number of nitrogens with zero attached hydrogens (tertiary/aromatic N) is 3. The van der Waals surface area contributed by atoms with Gasteiger partial charge in [-0.15, -0.1) is 10.2 Å². The Hall–Kier alpha value is -3.42. The average molecular weight is 451 g/mol. The summed E-state index contributed by atoms with van der Waals surface area (Å²) in [5.74, 6) is 1.70. The van der Waals surface area contributed by atoms with Gasteiger partial charge in [0.05, 0.1) is 5.92 Å². The molecule has 1 amide bonds. The van der Waals surface area contributed by atoms with E-state index in [1.807, 2.05) is 32.0 Å². The van der Waals surface area contributed by atoms with E-state index in [2.05, 4.69) is 10.2 Å². The maximum absolute atomic E-state index is 13.2. The Kier molecular flexibility index (Phi) is 5.52. The van der Waals surface area contributed by atoms with E-state index in [4.69, 9.17) is 13.9 Å². The smallest absolute Gasteiger partial charge is 0.260 e. The molecule has 3 aromatic rings. The van der Waals surface area contributed by atoms with E-state index in [1.165, 1.54) is 12.1 Å². The van der Waals surface area contributed by atoms with Crippen molar-refractivity contribution in [2.24, 2.45) is 0 Å². The molecule has 1 saturated heterocycles. The van der Waals surface area contributed by atoms with E-state index >= 15 is 0 Å². The zero-order valence-corrected chi connectivity index (χ0v) is 18.7. The number of piperidine rings is 1. The largest absolute Gasteiger partial charge is 0.483 e. The van der Waals surface area contributed by atoms with Crippen molar-refractivity contribution in [1.29, 1.82) is 0 Å². The lowest BCUT2D eigenvalue weighted by Gasteiger charge is -2.31. The monoisotopic (exact) mass is 451 g/mol. The fourth-order valence-corrected chi connectivity index (χ4v) is 4.45. The molecule has 7 nitrogen and oxygen atoms in total. The summed E-state index contributed by atoms with van der Waals surface area (Å²) in [6.07, 6.45) is 2.50. The molecule has 0 saturated carbocycles. The predicted molar refractivity (Wildman–Crippen MR) is 119 cm³/mol.